The van der Waals surface area contributed by atoms with Crippen LogP contribution in [0.15, 0.2) is 18.2 Å². The third kappa shape index (κ3) is 3.82. The molecule has 1 aromatic rings. The highest BCUT2D eigenvalue weighted by atomic mass is 16.2. The van der Waals surface area contributed by atoms with Gasteiger partial charge in [-0.25, -0.2) is 0 Å². The zero-order valence-corrected chi connectivity index (χ0v) is 17.1. The number of piperazine rings is 1. The van der Waals surface area contributed by atoms with Gasteiger partial charge in [0.1, 0.15) is 6.04 Å². The second kappa shape index (κ2) is 8.16. The molecule has 3 aliphatic rings. The molecule has 9 nitrogen and oxygen atoms in total. The summed E-state index contributed by atoms with van der Waals surface area (Å²) in [5.74, 6) is -1.92. The molecule has 3 heterocycles. The molecule has 160 valence electrons. The number of nitrogens with zero attached hydrogens (tertiary/aromatic N) is 3. The van der Waals surface area contributed by atoms with Gasteiger partial charge in [-0.05, 0) is 44.5 Å². The summed E-state index contributed by atoms with van der Waals surface area (Å²) in [6.07, 6.45) is 1.24. The lowest BCUT2D eigenvalue weighted by Crippen LogP contribution is -2.54. The van der Waals surface area contributed by atoms with Crippen molar-refractivity contribution in [3.8, 4) is 0 Å². The summed E-state index contributed by atoms with van der Waals surface area (Å²) in [7, 11) is 0. The molecule has 30 heavy (non-hydrogen) atoms. The molecular formula is C21H27N5O4. The van der Waals surface area contributed by atoms with Crippen LogP contribution in [-0.2, 0) is 9.59 Å². The van der Waals surface area contributed by atoms with E-state index in [0.29, 0.717) is 11.1 Å². The van der Waals surface area contributed by atoms with E-state index in [2.05, 4.69) is 15.1 Å². The summed E-state index contributed by atoms with van der Waals surface area (Å²) >= 11 is 0. The van der Waals surface area contributed by atoms with Crippen LogP contribution < -0.4 is 16.0 Å². The predicted octanol–water partition coefficient (Wildman–Crippen LogP) is -0.0529. The van der Waals surface area contributed by atoms with E-state index in [4.69, 9.17) is 5.73 Å². The van der Waals surface area contributed by atoms with E-state index in [9.17, 15) is 19.2 Å². The molecule has 2 atom stereocenters. The molecule has 0 aromatic heterocycles. The quantitative estimate of drug-likeness (QED) is 0.650. The average molecular weight is 413 g/mol. The Labute approximate surface area is 175 Å². The highest BCUT2D eigenvalue weighted by Crippen LogP contribution is 2.31. The standard InChI is InChI=1S/C21H27N5O4/c1-13(22)6-7-24-8-10-25(11-9-24)14-2-3-15-16(12-14)21(30)26(20(15)29)17-4-5-18(27)23-19(17)28/h2-3,12-13,17H,4-11,22H2,1H3,(H,23,27,28). The van der Waals surface area contributed by atoms with E-state index in [0.717, 1.165) is 49.7 Å². The number of imide groups is 2. The number of hydrogen-bond acceptors (Lipinski definition) is 7. The van der Waals surface area contributed by atoms with Gasteiger partial charge in [0.05, 0.1) is 11.1 Å². The van der Waals surface area contributed by atoms with Crippen LogP contribution in [0.25, 0.3) is 0 Å². The van der Waals surface area contributed by atoms with Crippen LogP contribution in [0, 0.1) is 0 Å². The Morgan fingerprint density at radius 1 is 1.07 bits per heavy atom. The summed E-state index contributed by atoms with van der Waals surface area (Å²) in [4.78, 5) is 54.9. The maximum atomic E-state index is 13.0. The lowest BCUT2D eigenvalue weighted by atomic mass is 10.0. The van der Waals surface area contributed by atoms with Gasteiger partial charge in [-0.1, -0.05) is 0 Å². The first kappa shape index (κ1) is 20.5. The molecule has 0 radical (unpaired) electrons. The molecule has 9 heteroatoms. The number of benzene rings is 1. The lowest BCUT2D eigenvalue weighted by molar-refractivity contribution is -0.136. The van der Waals surface area contributed by atoms with E-state index >= 15 is 0 Å². The van der Waals surface area contributed by atoms with Crippen LogP contribution in [0.5, 0.6) is 0 Å². The molecule has 0 saturated carbocycles. The van der Waals surface area contributed by atoms with E-state index in [1.807, 2.05) is 13.0 Å². The summed E-state index contributed by atoms with van der Waals surface area (Å²) in [5, 5.41) is 2.21. The van der Waals surface area contributed by atoms with Gasteiger partial charge in [0.25, 0.3) is 11.8 Å². The van der Waals surface area contributed by atoms with Gasteiger partial charge in [-0.2, -0.15) is 0 Å². The molecule has 0 aliphatic carbocycles. The zero-order chi connectivity index (χ0) is 21.4. The molecule has 4 amide bonds. The van der Waals surface area contributed by atoms with Crippen LogP contribution in [0.4, 0.5) is 5.69 Å². The molecule has 3 aliphatic heterocycles. The summed E-state index contributed by atoms with van der Waals surface area (Å²) in [5.41, 5.74) is 7.37. The number of nitrogens with two attached hydrogens (primary N) is 1. The summed E-state index contributed by atoms with van der Waals surface area (Å²) < 4.78 is 0. The van der Waals surface area contributed by atoms with Crippen molar-refractivity contribution in [2.24, 2.45) is 5.73 Å². The second-order valence-corrected chi connectivity index (χ2v) is 8.27. The molecule has 0 spiro atoms. The van der Waals surface area contributed by atoms with Crippen molar-refractivity contribution in [3.63, 3.8) is 0 Å². The van der Waals surface area contributed by atoms with Gasteiger partial charge in [0.2, 0.25) is 11.8 Å². The molecule has 1 aromatic carbocycles. The lowest BCUT2D eigenvalue weighted by Gasteiger charge is -2.36. The van der Waals surface area contributed by atoms with Gasteiger partial charge in [0.15, 0.2) is 0 Å². The fourth-order valence-corrected chi connectivity index (χ4v) is 4.27. The molecule has 0 bridgehead atoms. The molecule has 3 N–H and O–H groups in total. The number of piperidine rings is 1. The topological polar surface area (TPSA) is 116 Å². The number of fused-ring (bicyclic) bond motifs is 1. The minimum absolute atomic E-state index is 0.113. The van der Waals surface area contributed by atoms with Gasteiger partial charge in [-0.3, -0.25) is 34.3 Å². The number of hydrogen-bond donors (Lipinski definition) is 2. The van der Waals surface area contributed by atoms with Crippen molar-refractivity contribution >= 4 is 29.3 Å². The number of anilines is 1. The Kier molecular flexibility index (Phi) is 5.57. The highest BCUT2D eigenvalue weighted by molar-refractivity contribution is 6.23. The number of carbonyl (C=O) groups is 4. The first-order valence-corrected chi connectivity index (χ1v) is 10.4. The van der Waals surface area contributed by atoms with E-state index < -0.39 is 23.8 Å². The third-order valence-corrected chi connectivity index (χ3v) is 6.06. The van der Waals surface area contributed by atoms with Crippen molar-refractivity contribution in [1.82, 2.24) is 15.1 Å². The monoisotopic (exact) mass is 413 g/mol. The SMILES string of the molecule is CC(N)CCN1CCN(c2ccc3c(c2)C(=O)N(C2CCC(=O)NC2=O)C3=O)CC1. The van der Waals surface area contributed by atoms with Crippen LogP contribution in [0.2, 0.25) is 0 Å². The largest absolute Gasteiger partial charge is 0.369 e. The van der Waals surface area contributed by atoms with Crippen molar-refractivity contribution < 1.29 is 19.2 Å². The average Bonchev–Trinajstić information content (AvgIpc) is 2.97. The second-order valence-electron chi connectivity index (χ2n) is 8.27. The number of carbonyl (C=O) groups excluding carboxylic acids is 4. The Hall–Kier alpha value is -2.78. The Morgan fingerprint density at radius 3 is 2.43 bits per heavy atom. The first-order chi connectivity index (χ1) is 14.3. The minimum Gasteiger partial charge on any atom is -0.369 e. The van der Waals surface area contributed by atoms with Crippen LogP contribution >= 0.6 is 0 Å². The number of amides is 4. The normalized spacial score (nSPS) is 23.6. The van der Waals surface area contributed by atoms with Crippen molar-refractivity contribution in [2.75, 3.05) is 37.6 Å². The molecule has 2 fully saturated rings. The maximum Gasteiger partial charge on any atom is 0.262 e. The van der Waals surface area contributed by atoms with Crippen LogP contribution in [-0.4, -0.2) is 78.2 Å². The maximum absolute atomic E-state index is 13.0. The molecular weight excluding hydrogens is 386 g/mol. The van der Waals surface area contributed by atoms with Gasteiger partial charge in [-0.15, -0.1) is 0 Å². The molecule has 2 unspecified atom stereocenters. The summed E-state index contributed by atoms with van der Waals surface area (Å²) in [6, 6.07) is 4.52. The predicted molar refractivity (Wildman–Crippen MR) is 110 cm³/mol. The minimum atomic E-state index is -0.938. The van der Waals surface area contributed by atoms with Gasteiger partial charge < -0.3 is 10.6 Å². The van der Waals surface area contributed by atoms with Crippen molar-refractivity contribution in [1.29, 1.82) is 0 Å². The van der Waals surface area contributed by atoms with Crippen LogP contribution in [0.1, 0.15) is 46.9 Å². The summed E-state index contributed by atoms with van der Waals surface area (Å²) in [6.45, 7) is 6.48. The highest BCUT2D eigenvalue weighted by Gasteiger charge is 2.44. The fourth-order valence-electron chi connectivity index (χ4n) is 4.27. The molecule has 2 saturated heterocycles. The van der Waals surface area contributed by atoms with E-state index in [-0.39, 0.29) is 24.8 Å². The third-order valence-electron chi connectivity index (χ3n) is 6.06. The fraction of sp³-hybridized carbons (Fsp3) is 0.524. The Balaban J connectivity index is 1.46. The Morgan fingerprint density at radius 2 is 1.77 bits per heavy atom. The van der Waals surface area contributed by atoms with E-state index in [1.54, 1.807) is 12.1 Å². The number of nitrogens with one attached hydrogen (secondary N) is 1. The molecule has 4 rings (SSSR count). The zero-order valence-electron chi connectivity index (χ0n) is 17.1. The van der Waals surface area contributed by atoms with E-state index in [1.165, 1.54) is 0 Å². The first-order valence-electron chi connectivity index (χ1n) is 10.4. The van der Waals surface area contributed by atoms with Crippen LogP contribution in [0.3, 0.4) is 0 Å². The van der Waals surface area contributed by atoms with Gasteiger partial charge in [0, 0.05) is 44.3 Å². The van der Waals surface area contributed by atoms with Gasteiger partial charge >= 0.3 is 0 Å². The smallest absolute Gasteiger partial charge is 0.262 e. The van der Waals surface area contributed by atoms with Crippen molar-refractivity contribution in [2.45, 2.75) is 38.3 Å². The number of rotatable bonds is 5. The van der Waals surface area contributed by atoms with Crippen molar-refractivity contribution in [3.05, 3.63) is 29.3 Å². The Bertz CT molecular complexity index is 891.